The summed E-state index contributed by atoms with van der Waals surface area (Å²) in [5.74, 6) is -1.65. The van der Waals surface area contributed by atoms with Gasteiger partial charge >= 0.3 is 0 Å². The fourth-order valence-corrected chi connectivity index (χ4v) is 3.37. The molecule has 0 aliphatic carbocycles. The molecular weight excluding hydrogens is 283 g/mol. The number of benzene rings is 1. The molecule has 0 unspecified atom stereocenters. The predicted molar refractivity (Wildman–Crippen MR) is 72.8 cm³/mol. The van der Waals surface area contributed by atoms with E-state index in [0.29, 0.717) is 31.5 Å². The summed E-state index contributed by atoms with van der Waals surface area (Å²) in [5, 5.41) is 3.11. The molecule has 1 heterocycles. The molecule has 1 aromatic rings. The Kier molecular flexibility index (Phi) is 4.72. The zero-order valence-corrected chi connectivity index (χ0v) is 11.7. The molecule has 1 saturated heterocycles. The van der Waals surface area contributed by atoms with Crippen LogP contribution in [0, 0.1) is 11.7 Å². The third-order valence-electron chi connectivity index (χ3n) is 3.21. The lowest BCUT2D eigenvalue weighted by atomic mass is 9.98. The first-order valence-corrected chi connectivity index (χ1v) is 8.11. The summed E-state index contributed by atoms with van der Waals surface area (Å²) >= 11 is 0. The number of carbonyl (C=O) groups is 1. The summed E-state index contributed by atoms with van der Waals surface area (Å²) in [6.45, 7) is 1.42. The van der Waals surface area contributed by atoms with E-state index in [1.807, 2.05) is 0 Å². The van der Waals surface area contributed by atoms with Crippen LogP contribution in [0.2, 0.25) is 0 Å². The number of hydrogen-bond donors (Lipinski definition) is 2. The number of nitrogens with one attached hydrogen (secondary N) is 2. The molecule has 7 heteroatoms. The molecule has 1 fully saturated rings. The summed E-state index contributed by atoms with van der Waals surface area (Å²) in [6.07, 6.45) is 1.25. The second-order valence-corrected chi connectivity index (χ2v) is 6.60. The average Bonchev–Trinajstić information content (AvgIpc) is 2.38. The number of halogens is 1. The SMILES string of the molecule is O=C(NS(=O)(=O)Cc1cccc(F)c1)C1CCNCC1. The molecule has 0 saturated carbocycles. The predicted octanol–water partition coefficient (Wildman–Crippen LogP) is 0.771. The smallest absolute Gasteiger partial charge is 0.239 e. The Balaban J connectivity index is 1.98. The molecule has 5 nitrogen and oxygen atoms in total. The lowest BCUT2D eigenvalue weighted by Crippen LogP contribution is -2.41. The minimum Gasteiger partial charge on any atom is -0.317 e. The molecule has 0 aromatic heterocycles. The van der Waals surface area contributed by atoms with Crippen LogP contribution in [0.25, 0.3) is 0 Å². The summed E-state index contributed by atoms with van der Waals surface area (Å²) in [4.78, 5) is 11.9. The Morgan fingerprint density at radius 3 is 2.70 bits per heavy atom. The molecule has 110 valence electrons. The molecule has 1 aliphatic heterocycles. The zero-order valence-electron chi connectivity index (χ0n) is 10.9. The largest absolute Gasteiger partial charge is 0.317 e. The number of hydrogen-bond acceptors (Lipinski definition) is 4. The van der Waals surface area contributed by atoms with E-state index in [0.717, 1.165) is 6.07 Å². The normalized spacial score (nSPS) is 16.9. The van der Waals surface area contributed by atoms with E-state index >= 15 is 0 Å². The van der Waals surface area contributed by atoms with Gasteiger partial charge in [0.25, 0.3) is 0 Å². The van der Waals surface area contributed by atoms with E-state index in [4.69, 9.17) is 0 Å². The van der Waals surface area contributed by atoms with Crippen molar-refractivity contribution in [1.29, 1.82) is 0 Å². The van der Waals surface area contributed by atoms with Gasteiger partial charge in [-0.1, -0.05) is 12.1 Å². The fraction of sp³-hybridized carbons (Fsp3) is 0.462. The molecule has 0 bridgehead atoms. The van der Waals surface area contributed by atoms with E-state index in [9.17, 15) is 17.6 Å². The molecule has 1 amide bonds. The lowest BCUT2D eigenvalue weighted by molar-refractivity contribution is -0.123. The minimum absolute atomic E-state index is 0.279. The quantitative estimate of drug-likeness (QED) is 0.861. The highest BCUT2D eigenvalue weighted by molar-refractivity contribution is 7.89. The van der Waals surface area contributed by atoms with E-state index < -0.39 is 27.5 Å². The van der Waals surface area contributed by atoms with Crippen LogP contribution in [0.4, 0.5) is 4.39 Å². The Hall–Kier alpha value is -1.47. The van der Waals surface area contributed by atoms with Gasteiger partial charge in [0, 0.05) is 5.92 Å². The van der Waals surface area contributed by atoms with Crippen molar-refractivity contribution >= 4 is 15.9 Å². The molecule has 1 aliphatic rings. The Morgan fingerprint density at radius 2 is 2.05 bits per heavy atom. The van der Waals surface area contributed by atoms with Crippen molar-refractivity contribution in [3.63, 3.8) is 0 Å². The van der Waals surface area contributed by atoms with Gasteiger partial charge in [0.1, 0.15) is 5.82 Å². The van der Waals surface area contributed by atoms with Crippen molar-refractivity contribution in [1.82, 2.24) is 10.0 Å². The average molecular weight is 300 g/mol. The summed E-state index contributed by atoms with van der Waals surface area (Å²) in [7, 11) is -3.79. The van der Waals surface area contributed by atoms with Gasteiger partial charge in [-0.25, -0.2) is 12.8 Å². The Bertz CT molecular complexity index is 583. The van der Waals surface area contributed by atoms with Gasteiger partial charge < -0.3 is 5.32 Å². The molecular formula is C13H17FN2O3S. The lowest BCUT2D eigenvalue weighted by Gasteiger charge is -2.21. The highest BCUT2D eigenvalue weighted by Gasteiger charge is 2.25. The van der Waals surface area contributed by atoms with Crippen LogP contribution in [0.3, 0.4) is 0 Å². The number of piperidine rings is 1. The summed E-state index contributed by atoms with van der Waals surface area (Å²) in [5.41, 5.74) is 0.315. The van der Waals surface area contributed by atoms with Gasteiger partial charge in [-0.2, -0.15) is 0 Å². The fourth-order valence-electron chi connectivity index (χ4n) is 2.20. The van der Waals surface area contributed by atoms with Crippen molar-refractivity contribution < 1.29 is 17.6 Å². The van der Waals surface area contributed by atoms with Crippen LogP contribution < -0.4 is 10.0 Å². The standard InChI is InChI=1S/C13H17FN2O3S/c14-12-3-1-2-10(8-12)9-20(18,19)16-13(17)11-4-6-15-7-5-11/h1-3,8,11,15H,4-7,9H2,(H,16,17). The number of rotatable bonds is 4. The zero-order chi connectivity index (χ0) is 14.6. The molecule has 0 spiro atoms. The van der Waals surface area contributed by atoms with E-state index in [-0.39, 0.29) is 5.92 Å². The first kappa shape index (κ1) is 14.9. The summed E-state index contributed by atoms with van der Waals surface area (Å²) in [6, 6.07) is 5.34. The second-order valence-electron chi connectivity index (χ2n) is 4.88. The molecule has 1 aromatic carbocycles. The van der Waals surface area contributed by atoms with Crippen molar-refractivity contribution in [2.45, 2.75) is 18.6 Å². The van der Waals surface area contributed by atoms with Crippen LogP contribution >= 0.6 is 0 Å². The van der Waals surface area contributed by atoms with Crippen molar-refractivity contribution in [3.8, 4) is 0 Å². The van der Waals surface area contributed by atoms with Crippen molar-refractivity contribution in [2.24, 2.45) is 5.92 Å². The van der Waals surface area contributed by atoms with E-state index in [1.54, 1.807) is 0 Å². The number of carbonyl (C=O) groups excluding carboxylic acids is 1. The van der Waals surface area contributed by atoms with Gasteiger partial charge in [0.15, 0.2) is 0 Å². The van der Waals surface area contributed by atoms with Gasteiger partial charge in [-0.15, -0.1) is 0 Å². The Labute approximate surface area is 117 Å². The second kappa shape index (κ2) is 6.32. The number of amides is 1. The maximum atomic E-state index is 13.0. The van der Waals surface area contributed by atoms with E-state index in [2.05, 4.69) is 10.0 Å². The maximum absolute atomic E-state index is 13.0. The van der Waals surface area contributed by atoms with Crippen LogP contribution in [-0.2, 0) is 20.6 Å². The molecule has 0 atom stereocenters. The van der Waals surface area contributed by atoms with E-state index in [1.165, 1.54) is 18.2 Å². The van der Waals surface area contributed by atoms with Gasteiger partial charge in [0.2, 0.25) is 15.9 Å². The molecule has 2 N–H and O–H groups in total. The topological polar surface area (TPSA) is 75.3 Å². The first-order chi connectivity index (χ1) is 9.46. The van der Waals surface area contributed by atoms with Gasteiger partial charge in [-0.05, 0) is 43.6 Å². The van der Waals surface area contributed by atoms with Gasteiger partial charge in [-0.3, -0.25) is 9.52 Å². The van der Waals surface area contributed by atoms with Crippen molar-refractivity contribution in [2.75, 3.05) is 13.1 Å². The number of sulfonamides is 1. The van der Waals surface area contributed by atoms with Crippen LogP contribution in [0.1, 0.15) is 18.4 Å². The monoisotopic (exact) mass is 300 g/mol. The third-order valence-corrected chi connectivity index (χ3v) is 4.44. The highest BCUT2D eigenvalue weighted by Crippen LogP contribution is 2.13. The molecule has 2 rings (SSSR count). The Morgan fingerprint density at radius 1 is 1.35 bits per heavy atom. The maximum Gasteiger partial charge on any atom is 0.239 e. The van der Waals surface area contributed by atoms with Crippen molar-refractivity contribution in [3.05, 3.63) is 35.6 Å². The third kappa shape index (κ3) is 4.28. The van der Waals surface area contributed by atoms with Crippen LogP contribution in [0.5, 0.6) is 0 Å². The van der Waals surface area contributed by atoms with Crippen LogP contribution in [0.15, 0.2) is 24.3 Å². The molecule has 0 radical (unpaired) electrons. The molecule has 20 heavy (non-hydrogen) atoms. The van der Waals surface area contributed by atoms with Crippen LogP contribution in [-0.4, -0.2) is 27.4 Å². The minimum atomic E-state index is -3.79. The first-order valence-electron chi connectivity index (χ1n) is 6.46. The summed E-state index contributed by atoms with van der Waals surface area (Å²) < 4.78 is 38.9. The van der Waals surface area contributed by atoms with Gasteiger partial charge in [0.05, 0.1) is 5.75 Å². The highest BCUT2D eigenvalue weighted by atomic mass is 32.2.